The van der Waals surface area contributed by atoms with Gasteiger partial charge in [0.15, 0.2) is 0 Å². The third-order valence-electron chi connectivity index (χ3n) is 5.13. The SMILES string of the molecule is Cc1c(C(=O)C(=O)N[C@H](C)C(F)(F)F)c(C)n(C)c1C(=O)Nc1ccc2occc2c1. The van der Waals surface area contributed by atoms with Crippen LogP contribution in [-0.4, -0.2) is 34.4 Å². The molecule has 0 aliphatic carbocycles. The Morgan fingerprint density at radius 1 is 1.13 bits per heavy atom. The molecule has 0 aliphatic rings. The second kappa shape index (κ2) is 7.93. The zero-order valence-corrected chi connectivity index (χ0v) is 17.2. The van der Waals surface area contributed by atoms with Crippen molar-refractivity contribution in [1.82, 2.24) is 9.88 Å². The summed E-state index contributed by atoms with van der Waals surface area (Å²) in [6, 6.07) is 4.59. The first kappa shape index (κ1) is 22.1. The van der Waals surface area contributed by atoms with Gasteiger partial charge in [-0.25, -0.2) is 0 Å². The van der Waals surface area contributed by atoms with Crippen molar-refractivity contribution in [3.63, 3.8) is 0 Å². The number of furan rings is 1. The smallest absolute Gasteiger partial charge is 0.408 e. The summed E-state index contributed by atoms with van der Waals surface area (Å²) < 4.78 is 44.8. The minimum absolute atomic E-state index is 0.107. The molecule has 2 heterocycles. The maximum Gasteiger partial charge on any atom is 0.408 e. The number of fused-ring (bicyclic) bond motifs is 1. The Labute approximate surface area is 175 Å². The first-order valence-corrected chi connectivity index (χ1v) is 9.28. The monoisotopic (exact) mass is 435 g/mol. The molecule has 0 saturated heterocycles. The number of amides is 2. The van der Waals surface area contributed by atoms with Gasteiger partial charge in [0.2, 0.25) is 0 Å². The van der Waals surface area contributed by atoms with Crippen LogP contribution in [0.15, 0.2) is 34.9 Å². The van der Waals surface area contributed by atoms with Crippen molar-refractivity contribution in [2.24, 2.45) is 7.05 Å². The number of carbonyl (C=O) groups is 3. The van der Waals surface area contributed by atoms with Gasteiger partial charge in [0, 0.05) is 23.8 Å². The van der Waals surface area contributed by atoms with Gasteiger partial charge in [0.05, 0.1) is 11.8 Å². The van der Waals surface area contributed by atoms with Crippen molar-refractivity contribution in [2.45, 2.75) is 33.0 Å². The molecule has 3 rings (SSSR count). The lowest BCUT2D eigenvalue weighted by atomic mass is 10.0. The van der Waals surface area contributed by atoms with Crippen molar-refractivity contribution >= 4 is 34.3 Å². The highest BCUT2D eigenvalue weighted by Crippen LogP contribution is 2.25. The highest BCUT2D eigenvalue weighted by Gasteiger charge is 2.39. The van der Waals surface area contributed by atoms with E-state index in [0.717, 1.165) is 12.3 Å². The van der Waals surface area contributed by atoms with Crippen molar-refractivity contribution in [3.05, 3.63) is 53.0 Å². The van der Waals surface area contributed by atoms with Crippen LogP contribution in [0, 0.1) is 13.8 Å². The Balaban J connectivity index is 1.87. The molecule has 2 N–H and O–H groups in total. The number of Topliss-reactive ketones (excluding diaryl/α,β-unsaturated/α-hetero) is 1. The van der Waals surface area contributed by atoms with E-state index in [9.17, 15) is 27.6 Å². The molecule has 0 saturated carbocycles. The number of carbonyl (C=O) groups excluding carboxylic acids is 3. The van der Waals surface area contributed by atoms with Crippen LogP contribution < -0.4 is 10.6 Å². The van der Waals surface area contributed by atoms with E-state index in [0.29, 0.717) is 11.3 Å². The van der Waals surface area contributed by atoms with E-state index in [-0.39, 0.29) is 22.5 Å². The molecule has 0 fully saturated rings. The first-order valence-electron chi connectivity index (χ1n) is 9.28. The highest BCUT2D eigenvalue weighted by atomic mass is 19.4. The molecule has 164 valence electrons. The van der Waals surface area contributed by atoms with E-state index in [1.165, 1.54) is 31.7 Å². The number of hydrogen-bond donors (Lipinski definition) is 2. The summed E-state index contributed by atoms with van der Waals surface area (Å²) in [5.74, 6) is -3.06. The normalized spacial score (nSPS) is 12.6. The number of nitrogens with zero attached hydrogens (tertiary/aromatic N) is 1. The summed E-state index contributed by atoms with van der Waals surface area (Å²) >= 11 is 0. The fraction of sp³-hybridized carbons (Fsp3) is 0.286. The highest BCUT2D eigenvalue weighted by molar-refractivity contribution is 6.43. The Bertz CT molecular complexity index is 1190. The van der Waals surface area contributed by atoms with Gasteiger partial charge in [-0.1, -0.05) is 0 Å². The lowest BCUT2D eigenvalue weighted by Crippen LogP contribution is -2.46. The Morgan fingerprint density at radius 3 is 2.45 bits per heavy atom. The summed E-state index contributed by atoms with van der Waals surface area (Å²) in [5.41, 5.74) is 1.63. The predicted octanol–water partition coefficient (Wildman–Crippen LogP) is 3.89. The second-order valence-electron chi connectivity index (χ2n) is 7.19. The summed E-state index contributed by atoms with van der Waals surface area (Å²) in [4.78, 5) is 37.6. The van der Waals surface area contributed by atoms with Crippen LogP contribution >= 0.6 is 0 Å². The molecular formula is C21H20F3N3O4. The number of rotatable bonds is 5. The molecular weight excluding hydrogens is 415 g/mol. The number of alkyl halides is 3. The van der Waals surface area contributed by atoms with Crippen LogP contribution in [0.25, 0.3) is 11.0 Å². The van der Waals surface area contributed by atoms with Gasteiger partial charge < -0.3 is 19.6 Å². The largest absolute Gasteiger partial charge is 0.464 e. The van der Waals surface area contributed by atoms with Crippen molar-refractivity contribution in [1.29, 1.82) is 0 Å². The molecule has 31 heavy (non-hydrogen) atoms. The van der Waals surface area contributed by atoms with Crippen LogP contribution in [0.3, 0.4) is 0 Å². The average Bonchev–Trinajstić information content (AvgIpc) is 3.22. The van der Waals surface area contributed by atoms with Gasteiger partial charge in [-0.3, -0.25) is 14.4 Å². The maximum atomic E-state index is 12.9. The topological polar surface area (TPSA) is 93.3 Å². The van der Waals surface area contributed by atoms with E-state index in [2.05, 4.69) is 5.32 Å². The van der Waals surface area contributed by atoms with Gasteiger partial charge in [-0.15, -0.1) is 0 Å². The van der Waals surface area contributed by atoms with Crippen LogP contribution in [-0.2, 0) is 11.8 Å². The number of benzene rings is 1. The molecule has 2 amide bonds. The molecule has 2 aromatic heterocycles. The number of halogens is 3. The van der Waals surface area contributed by atoms with Gasteiger partial charge in [0.1, 0.15) is 17.3 Å². The van der Waals surface area contributed by atoms with Crippen molar-refractivity contribution in [3.8, 4) is 0 Å². The van der Waals surface area contributed by atoms with E-state index in [1.54, 1.807) is 29.6 Å². The molecule has 7 nitrogen and oxygen atoms in total. The molecule has 0 unspecified atom stereocenters. The zero-order chi connectivity index (χ0) is 23.1. The Morgan fingerprint density at radius 2 is 1.81 bits per heavy atom. The summed E-state index contributed by atoms with van der Waals surface area (Å²) in [6.07, 6.45) is -3.17. The second-order valence-corrected chi connectivity index (χ2v) is 7.19. The third-order valence-corrected chi connectivity index (χ3v) is 5.13. The Hall–Kier alpha value is -3.56. The molecule has 0 bridgehead atoms. The van der Waals surface area contributed by atoms with Crippen molar-refractivity contribution in [2.75, 3.05) is 5.32 Å². The van der Waals surface area contributed by atoms with Gasteiger partial charge in [0.25, 0.3) is 17.6 Å². The molecule has 3 aromatic rings. The van der Waals surface area contributed by atoms with Crippen molar-refractivity contribution < 1.29 is 32.0 Å². The molecule has 1 aromatic carbocycles. The number of anilines is 1. The number of hydrogen-bond acceptors (Lipinski definition) is 4. The standard InChI is InChI=1S/C21H20F3N3O4/c1-10-16(18(28)20(30)25-12(3)21(22,23)24)11(2)27(4)17(10)19(29)26-14-5-6-15-13(9-14)7-8-31-15/h5-9,12H,1-4H3,(H,25,30)(H,26,29)/t12-/m1/s1. The lowest BCUT2D eigenvalue weighted by Gasteiger charge is -2.16. The van der Waals surface area contributed by atoms with Crippen LogP contribution in [0.5, 0.6) is 0 Å². The summed E-state index contributed by atoms with van der Waals surface area (Å²) in [5, 5.41) is 5.15. The summed E-state index contributed by atoms with van der Waals surface area (Å²) in [6.45, 7) is 3.72. The number of ketones is 1. The van der Waals surface area contributed by atoms with Gasteiger partial charge >= 0.3 is 6.18 Å². The molecule has 1 atom stereocenters. The van der Waals surface area contributed by atoms with E-state index >= 15 is 0 Å². The minimum Gasteiger partial charge on any atom is -0.464 e. The molecule has 0 spiro atoms. The zero-order valence-electron chi connectivity index (χ0n) is 17.2. The lowest BCUT2D eigenvalue weighted by molar-refractivity contribution is -0.156. The van der Waals surface area contributed by atoms with Gasteiger partial charge in [-0.05, 0) is 50.6 Å². The van der Waals surface area contributed by atoms with Gasteiger partial charge in [-0.2, -0.15) is 13.2 Å². The quantitative estimate of drug-likeness (QED) is 0.470. The fourth-order valence-corrected chi connectivity index (χ4v) is 3.33. The third kappa shape index (κ3) is 4.18. The molecule has 0 radical (unpaired) electrons. The van der Waals surface area contributed by atoms with Crippen LogP contribution in [0.1, 0.15) is 39.0 Å². The summed E-state index contributed by atoms with van der Waals surface area (Å²) in [7, 11) is 1.53. The average molecular weight is 435 g/mol. The van der Waals surface area contributed by atoms with Crippen LogP contribution in [0.4, 0.5) is 18.9 Å². The minimum atomic E-state index is -4.68. The number of aromatic nitrogens is 1. The van der Waals surface area contributed by atoms with Crippen LogP contribution in [0.2, 0.25) is 0 Å². The predicted molar refractivity (Wildman–Crippen MR) is 107 cm³/mol. The molecule has 0 aliphatic heterocycles. The first-order chi connectivity index (χ1) is 14.4. The van der Waals surface area contributed by atoms with E-state index in [1.807, 2.05) is 0 Å². The Kier molecular flexibility index (Phi) is 5.66. The number of nitrogens with one attached hydrogen (secondary N) is 2. The fourth-order valence-electron chi connectivity index (χ4n) is 3.33. The molecule has 10 heteroatoms. The maximum absolute atomic E-state index is 12.9. The van der Waals surface area contributed by atoms with E-state index in [4.69, 9.17) is 4.42 Å². The van der Waals surface area contributed by atoms with E-state index < -0.39 is 29.8 Å².